The van der Waals surface area contributed by atoms with Gasteiger partial charge >= 0.3 is 5.97 Å². The van der Waals surface area contributed by atoms with Gasteiger partial charge in [-0.15, -0.1) is 0 Å². The van der Waals surface area contributed by atoms with Gasteiger partial charge in [-0.25, -0.2) is 0 Å². The summed E-state index contributed by atoms with van der Waals surface area (Å²) in [4.78, 5) is 15.4. The van der Waals surface area contributed by atoms with Crippen molar-refractivity contribution in [2.75, 3.05) is 13.2 Å². The number of carbonyl (C=O) groups is 1. The second-order valence-corrected chi connectivity index (χ2v) is 11.1. The first-order valence-electron chi connectivity index (χ1n) is 6.91. The van der Waals surface area contributed by atoms with Crippen molar-refractivity contribution < 1.29 is 14.0 Å². The van der Waals surface area contributed by atoms with Gasteiger partial charge < -0.3 is 9.16 Å². The standard InChI is InChI=1S/C14H29NO3Si/c1-8-17-13(16)9-10-15-12(2)11-18-19(6,7)14(3,4)5/h10,12H,8-9,11H2,1-7H3/t12-/m0/s1. The number of aliphatic imine (C=N–C) groups is 1. The summed E-state index contributed by atoms with van der Waals surface area (Å²) in [5, 5.41) is 0.210. The highest BCUT2D eigenvalue weighted by molar-refractivity contribution is 6.74. The van der Waals surface area contributed by atoms with Crippen LogP contribution in [-0.4, -0.2) is 39.8 Å². The van der Waals surface area contributed by atoms with E-state index in [1.165, 1.54) is 0 Å². The predicted octanol–water partition coefficient (Wildman–Crippen LogP) is 3.42. The summed E-state index contributed by atoms with van der Waals surface area (Å²) in [6, 6.07) is 0.0727. The first-order valence-corrected chi connectivity index (χ1v) is 9.82. The first-order chi connectivity index (χ1) is 8.60. The summed E-state index contributed by atoms with van der Waals surface area (Å²) in [5.41, 5.74) is 0. The first kappa shape index (κ1) is 18.3. The van der Waals surface area contributed by atoms with E-state index in [2.05, 4.69) is 38.9 Å². The van der Waals surface area contributed by atoms with Crippen LogP contribution in [0.1, 0.15) is 41.0 Å². The molecule has 0 aromatic carbocycles. The number of ether oxygens (including phenoxy) is 1. The molecule has 0 rings (SSSR count). The van der Waals surface area contributed by atoms with Gasteiger partial charge in [0.1, 0.15) is 0 Å². The van der Waals surface area contributed by atoms with Crippen LogP contribution >= 0.6 is 0 Å². The minimum Gasteiger partial charge on any atom is -0.466 e. The maximum absolute atomic E-state index is 11.1. The summed E-state index contributed by atoms with van der Waals surface area (Å²) in [6.07, 6.45) is 1.86. The van der Waals surface area contributed by atoms with E-state index in [4.69, 9.17) is 9.16 Å². The van der Waals surface area contributed by atoms with Crippen molar-refractivity contribution in [3.63, 3.8) is 0 Å². The van der Waals surface area contributed by atoms with Gasteiger partial charge in [0.05, 0.1) is 25.7 Å². The van der Waals surface area contributed by atoms with Gasteiger partial charge in [-0.3, -0.25) is 9.79 Å². The highest BCUT2D eigenvalue weighted by Crippen LogP contribution is 2.36. The Bertz CT molecular complexity index is 308. The van der Waals surface area contributed by atoms with E-state index in [0.29, 0.717) is 13.2 Å². The van der Waals surface area contributed by atoms with Crippen molar-refractivity contribution in [2.24, 2.45) is 4.99 Å². The van der Waals surface area contributed by atoms with Crippen LogP contribution in [-0.2, 0) is 14.0 Å². The molecule has 5 heteroatoms. The molecule has 0 aliphatic carbocycles. The third-order valence-electron chi connectivity index (χ3n) is 3.41. The van der Waals surface area contributed by atoms with Crippen LogP contribution in [0.4, 0.5) is 0 Å². The molecule has 0 saturated carbocycles. The van der Waals surface area contributed by atoms with Crippen LogP contribution in [0.25, 0.3) is 0 Å². The van der Waals surface area contributed by atoms with Crippen LogP contribution in [0.15, 0.2) is 4.99 Å². The van der Waals surface area contributed by atoms with E-state index >= 15 is 0 Å². The third-order valence-corrected chi connectivity index (χ3v) is 7.92. The van der Waals surface area contributed by atoms with E-state index in [0.717, 1.165) is 0 Å². The lowest BCUT2D eigenvalue weighted by molar-refractivity contribution is -0.141. The largest absolute Gasteiger partial charge is 0.466 e. The van der Waals surface area contributed by atoms with Gasteiger partial charge in [-0.05, 0) is 32.0 Å². The van der Waals surface area contributed by atoms with Crippen LogP contribution in [0, 0.1) is 0 Å². The fourth-order valence-electron chi connectivity index (χ4n) is 1.12. The van der Waals surface area contributed by atoms with Crippen molar-refractivity contribution in [3.8, 4) is 0 Å². The minimum atomic E-state index is -1.71. The second-order valence-electron chi connectivity index (χ2n) is 6.26. The van der Waals surface area contributed by atoms with E-state index in [9.17, 15) is 4.79 Å². The lowest BCUT2D eigenvalue weighted by Crippen LogP contribution is -2.42. The van der Waals surface area contributed by atoms with Crippen molar-refractivity contribution in [2.45, 2.75) is 65.2 Å². The van der Waals surface area contributed by atoms with Crippen molar-refractivity contribution in [3.05, 3.63) is 0 Å². The monoisotopic (exact) mass is 287 g/mol. The molecular weight excluding hydrogens is 258 g/mol. The predicted molar refractivity (Wildman–Crippen MR) is 82.4 cm³/mol. The number of rotatable bonds is 7. The molecule has 0 aliphatic heterocycles. The Balaban J connectivity index is 4.09. The Morgan fingerprint density at radius 2 is 1.95 bits per heavy atom. The van der Waals surface area contributed by atoms with Crippen LogP contribution in [0.3, 0.4) is 0 Å². The zero-order valence-electron chi connectivity index (χ0n) is 13.4. The summed E-state index contributed by atoms with van der Waals surface area (Å²) in [6.45, 7) is 15.9. The number of nitrogens with zero attached hydrogens (tertiary/aromatic N) is 1. The fraction of sp³-hybridized carbons (Fsp3) is 0.857. The molecule has 0 saturated heterocycles. The Morgan fingerprint density at radius 1 is 1.37 bits per heavy atom. The number of hydrogen-bond acceptors (Lipinski definition) is 4. The van der Waals surface area contributed by atoms with Gasteiger partial charge in [-0.1, -0.05) is 20.8 Å². The Kier molecular flexibility index (Phi) is 7.52. The van der Waals surface area contributed by atoms with Crippen molar-refractivity contribution in [1.29, 1.82) is 0 Å². The molecule has 19 heavy (non-hydrogen) atoms. The Labute approximate surface area is 118 Å². The Hall–Kier alpha value is -0.683. The molecule has 0 unspecified atom stereocenters. The second kappa shape index (κ2) is 7.80. The fourth-order valence-corrected chi connectivity index (χ4v) is 2.21. The zero-order chi connectivity index (χ0) is 15.1. The summed E-state index contributed by atoms with van der Waals surface area (Å²) in [7, 11) is -1.71. The lowest BCUT2D eigenvalue weighted by Gasteiger charge is -2.36. The summed E-state index contributed by atoms with van der Waals surface area (Å²) < 4.78 is 10.9. The van der Waals surface area contributed by atoms with Gasteiger partial charge in [0.2, 0.25) is 0 Å². The molecule has 0 aromatic heterocycles. The number of hydrogen-bond donors (Lipinski definition) is 0. The molecule has 4 nitrogen and oxygen atoms in total. The maximum atomic E-state index is 11.1. The molecule has 0 aromatic rings. The SMILES string of the molecule is CCOC(=O)CC=N[C@@H](C)CO[Si](C)(C)C(C)(C)C. The van der Waals surface area contributed by atoms with Gasteiger partial charge in [0.25, 0.3) is 0 Å². The normalized spacial score (nSPS) is 14.7. The smallest absolute Gasteiger partial charge is 0.311 e. The van der Waals surface area contributed by atoms with Gasteiger partial charge in [-0.2, -0.15) is 0 Å². The highest BCUT2D eigenvalue weighted by atomic mass is 28.4. The minimum absolute atomic E-state index is 0.0727. The molecule has 0 spiro atoms. The van der Waals surface area contributed by atoms with Crippen LogP contribution < -0.4 is 0 Å². The van der Waals surface area contributed by atoms with Crippen LogP contribution in [0.5, 0.6) is 0 Å². The van der Waals surface area contributed by atoms with Crippen LogP contribution in [0.2, 0.25) is 18.1 Å². The molecule has 0 fully saturated rings. The molecule has 112 valence electrons. The summed E-state index contributed by atoms with van der Waals surface area (Å²) >= 11 is 0. The van der Waals surface area contributed by atoms with E-state index < -0.39 is 8.32 Å². The molecule has 1 atom stereocenters. The Morgan fingerprint density at radius 3 is 2.42 bits per heavy atom. The number of carbonyl (C=O) groups excluding carboxylic acids is 1. The van der Waals surface area contributed by atoms with E-state index in [1.807, 2.05) is 6.92 Å². The van der Waals surface area contributed by atoms with Crippen molar-refractivity contribution >= 4 is 20.5 Å². The highest BCUT2D eigenvalue weighted by Gasteiger charge is 2.37. The molecular formula is C14H29NO3Si. The average Bonchev–Trinajstić information content (AvgIpc) is 2.25. The molecule has 0 aliphatic rings. The average molecular weight is 287 g/mol. The molecule has 0 radical (unpaired) electrons. The molecule has 0 amide bonds. The zero-order valence-corrected chi connectivity index (χ0v) is 14.4. The lowest BCUT2D eigenvalue weighted by atomic mass is 10.2. The van der Waals surface area contributed by atoms with Crippen molar-refractivity contribution in [1.82, 2.24) is 0 Å². The van der Waals surface area contributed by atoms with Gasteiger partial charge in [0.15, 0.2) is 8.32 Å². The number of esters is 1. The maximum Gasteiger partial charge on any atom is 0.311 e. The topological polar surface area (TPSA) is 47.9 Å². The third kappa shape index (κ3) is 7.47. The van der Waals surface area contributed by atoms with E-state index in [-0.39, 0.29) is 23.5 Å². The molecule has 0 N–H and O–H groups in total. The van der Waals surface area contributed by atoms with E-state index in [1.54, 1.807) is 13.1 Å². The molecule has 0 heterocycles. The summed E-state index contributed by atoms with van der Waals surface area (Å²) in [5.74, 6) is -0.233. The quantitative estimate of drug-likeness (QED) is 0.409. The van der Waals surface area contributed by atoms with Gasteiger partial charge in [0, 0.05) is 6.21 Å². The molecule has 0 bridgehead atoms.